The van der Waals surface area contributed by atoms with Gasteiger partial charge in [0.05, 0.1) is 5.92 Å². The van der Waals surface area contributed by atoms with E-state index in [1.807, 2.05) is 35.2 Å². The third-order valence-corrected chi connectivity index (χ3v) is 2.98. The van der Waals surface area contributed by atoms with E-state index in [1.54, 1.807) is 0 Å². The molecule has 1 aromatic rings. The second kappa shape index (κ2) is 4.45. The summed E-state index contributed by atoms with van der Waals surface area (Å²) in [7, 11) is 0. The smallest absolute Gasteiger partial charge is 0.298 e. The van der Waals surface area contributed by atoms with E-state index in [9.17, 15) is 13.2 Å². The molecule has 1 aliphatic heterocycles. The highest BCUT2D eigenvalue weighted by Gasteiger charge is 2.43. The van der Waals surface area contributed by atoms with Crippen molar-refractivity contribution in [2.45, 2.75) is 19.1 Å². The van der Waals surface area contributed by atoms with Crippen molar-refractivity contribution in [3.63, 3.8) is 0 Å². The Morgan fingerprint density at radius 3 is 2.44 bits per heavy atom. The van der Waals surface area contributed by atoms with Crippen LogP contribution in [-0.4, -0.2) is 24.2 Å². The third kappa shape index (κ3) is 2.76. The molecule has 0 unspecified atom stereocenters. The highest BCUT2D eigenvalue weighted by Crippen LogP contribution is 2.33. The molecule has 1 fully saturated rings. The van der Waals surface area contributed by atoms with Crippen LogP contribution in [-0.2, 0) is 6.54 Å². The maximum absolute atomic E-state index is 12.4. The summed E-state index contributed by atoms with van der Waals surface area (Å²) >= 11 is 0. The van der Waals surface area contributed by atoms with Gasteiger partial charge in [0.15, 0.2) is 0 Å². The second-order valence-corrected chi connectivity index (χ2v) is 4.25. The Morgan fingerprint density at radius 2 is 1.88 bits per heavy atom. The highest BCUT2D eigenvalue weighted by atomic mass is 19.4. The Labute approximate surface area is 92.9 Å². The molecule has 0 radical (unpaired) electrons. The molecule has 1 atom stereocenters. The number of halogens is 3. The van der Waals surface area contributed by atoms with Crippen LogP contribution in [0, 0.1) is 5.92 Å². The van der Waals surface area contributed by atoms with Crippen molar-refractivity contribution in [3.8, 4) is 0 Å². The summed E-state index contributed by atoms with van der Waals surface area (Å²) in [5.41, 5.74) is 1.07. The maximum Gasteiger partial charge on any atom is 0.393 e. The van der Waals surface area contributed by atoms with Crippen molar-refractivity contribution < 1.29 is 13.2 Å². The van der Waals surface area contributed by atoms with E-state index in [0.717, 1.165) is 5.56 Å². The quantitative estimate of drug-likeness (QED) is 0.753. The maximum atomic E-state index is 12.4. The van der Waals surface area contributed by atoms with Gasteiger partial charge in [0.25, 0.3) is 0 Å². The summed E-state index contributed by atoms with van der Waals surface area (Å²) in [5.74, 6) is -1.14. The fourth-order valence-corrected chi connectivity index (χ4v) is 2.09. The normalized spacial score (nSPS) is 22.6. The second-order valence-electron chi connectivity index (χ2n) is 4.25. The van der Waals surface area contributed by atoms with Gasteiger partial charge in [0, 0.05) is 13.1 Å². The molecule has 0 bridgehead atoms. The Hall–Kier alpha value is -1.03. The van der Waals surface area contributed by atoms with E-state index in [1.165, 1.54) is 0 Å². The van der Waals surface area contributed by atoms with E-state index in [4.69, 9.17) is 0 Å². The van der Waals surface area contributed by atoms with Gasteiger partial charge in [-0.15, -0.1) is 0 Å². The van der Waals surface area contributed by atoms with Gasteiger partial charge >= 0.3 is 6.18 Å². The minimum Gasteiger partial charge on any atom is -0.298 e. The van der Waals surface area contributed by atoms with Gasteiger partial charge in [-0.25, -0.2) is 0 Å². The molecular formula is C12H14F3N. The molecule has 0 saturated carbocycles. The fraction of sp³-hybridized carbons (Fsp3) is 0.500. The first-order valence-corrected chi connectivity index (χ1v) is 5.39. The minimum atomic E-state index is -4.04. The van der Waals surface area contributed by atoms with E-state index in [2.05, 4.69) is 0 Å². The van der Waals surface area contributed by atoms with Crippen LogP contribution >= 0.6 is 0 Å². The van der Waals surface area contributed by atoms with E-state index in [0.29, 0.717) is 13.1 Å². The molecule has 2 rings (SSSR count). The Morgan fingerprint density at radius 1 is 1.19 bits per heavy atom. The van der Waals surface area contributed by atoms with Gasteiger partial charge in [0.1, 0.15) is 0 Å². The van der Waals surface area contributed by atoms with Crippen LogP contribution in [0.3, 0.4) is 0 Å². The van der Waals surface area contributed by atoms with Crippen molar-refractivity contribution in [2.75, 3.05) is 13.1 Å². The molecule has 1 aromatic carbocycles. The predicted octanol–water partition coefficient (Wildman–Crippen LogP) is 3.07. The standard InChI is InChI=1S/C12H14F3N/c13-12(14,15)11-6-7-16(9-11)8-10-4-2-1-3-5-10/h1-5,11H,6-9H2/t11-/m0/s1. The average Bonchev–Trinajstić information content (AvgIpc) is 2.67. The highest BCUT2D eigenvalue weighted by molar-refractivity contribution is 5.14. The summed E-state index contributed by atoms with van der Waals surface area (Å²) in [6.45, 7) is 1.30. The van der Waals surface area contributed by atoms with Gasteiger partial charge in [-0.1, -0.05) is 30.3 Å². The monoisotopic (exact) mass is 229 g/mol. The summed E-state index contributed by atoms with van der Waals surface area (Å²) in [5, 5.41) is 0. The average molecular weight is 229 g/mol. The topological polar surface area (TPSA) is 3.24 Å². The predicted molar refractivity (Wildman–Crippen MR) is 55.9 cm³/mol. The number of hydrogen-bond acceptors (Lipinski definition) is 1. The van der Waals surface area contributed by atoms with Crippen LogP contribution in [0.1, 0.15) is 12.0 Å². The Kier molecular flexibility index (Phi) is 3.19. The van der Waals surface area contributed by atoms with Crippen LogP contribution in [0.4, 0.5) is 13.2 Å². The fourth-order valence-electron chi connectivity index (χ4n) is 2.09. The molecule has 88 valence electrons. The molecule has 0 spiro atoms. The van der Waals surface area contributed by atoms with Crippen molar-refractivity contribution in [2.24, 2.45) is 5.92 Å². The number of hydrogen-bond donors (Lipinski definition) is 0. The SMILES string of the molecule is FC(F)(F)[C@H]1CCN(Cc2ccccc2)C1. The molecule has 4 heteroatoms. The van der Waals surface area contributed by atoms with Crippen molar-refractivity contribution >= 4 is 0 Å². The molecule has 1 heterocycles. The van der Waals surface area contributed by atoms with Crippen LogP contribution in [0.5, 0.6) is 0 Å². The largest absolute Gasteiger partial charge is 0.393 e. The van der Waals surface area contributed by atoms with Crippen molar-refractivity contribution in [3.05, 3.63) is 35.9 Å². The lowest BCUT2D eigenvalue weighted by Gasteiger charge is -2.17. The van der Waals surface area contributed by atoms with Crippen LogP contribution in [0.2, 0.25) is 0 Å². The third-order valence-electron chi connectivity index (χ3n) is 2.98. The number of likely N-dealkylation sites (tertiary alicyclic amines) is 1. The van der Waals surface area contributed by atoms with E-state index in [-0.39, 0.29) is 13.0 Å². The molecule has 0 aromatic heterocycles. The summed E-state index contributed by atoms with van der Waals surface area (Å²) < 4.78 is 37.3. The molecular weight excluding hydrogens is 215 g/mol. The molecule has 0 aliphatic carbocycles. The summed E-state index contributed by atoms with van der Waals surface area (Å²) in [4.78, 5) is 1.87. The van der Waals surface area contributed by atoms with Gasteiger partial charge < -0.3 is 0 Å². The lowest BCUT2D eigenvalue weighted by atomic mass is 10.1. The van der Waals surface area contributed by atoms with Gasteiger partial charge in [-0.2, -0.15) is 13.2 Å². The zero-order chi connectivity index (χ0) is 11.6. The van der Waals surface area contributed by atoms with E-state index < -0.39 is 12.1 Å². The first kappa shape index (κ1) is 11.5. The Bertz CT molecular complexity index is 334. The lowest BCUT2D eigenvalue weighted by Crippen LogP contribution is -2.27. The van der Waals surface area contributed by atoms with Crippen LogP contribution in [0.25, 0.3) is 0 Å². The zero-order valence-corrected chi connectivity index (χ0v) is 8.87. The Balaban J connectivity index is 1.91. The minimum absolute atomic E-state index is 0.137. The lowest BCUT2D eigenvalue weighted by molar-refractivity contribution is -0.170. The number of alkyl halides is 3. The molecule has 1 saturated heterocycles. The number of rotatable bonds is 2. The number of nitrogens with zero attached hydrogens (tertiary/aromatic N) is 1. The summed E-state index contributed by atoms with van der Waals surface area (Å²) in [6, 6.07) is 9.62. The first-order chi connectivity index (χ1) is 7.55. The first-order valence-electron chi connectivity index (χ1n) is 5.39. The zero-order valence-electron chi connectivity index (χ0n) is 8.87. The molecule has 16 heavy (non-hydrogen) atoms. The van der Waals surface area contributed by atoms with Gasteiger partial charge in [0.2, 0.25) is 0 Å². The van der Waals surface area contributed by atoms with E-state index >= 15 is 0 Å². The molecule has 0 amide bonds. The summed E-state index contributed by atoms with van der Waals surface area (Å²) in [6.07, 6.45) is -3.80. The molecule has 1 aliphatic rings. The molecule has 1 nitrogen and oxygen atoms in total. The van der Waals surface area contributed by atoms with Crippen LogP contribution in [0.15, 0.2) is 30.3 Å². The van der Waals surface area contributed by atoms with Gasteiger partial charge in [-0.05, 0) is 18.5 Å². The van der Waals surface area contributed by atoms with Crippen LogP contribution < -0.4 is 0 Å². The molecule has 0 N–H and O–H groups in total. The van der Waals surface area contributed by atoms with Crippen molar-refractivity contribution in [1.29, 1.82) is 0 Å². The van der Waals surface area contributed by atoms with Gasteiger partial charge in [-0.3, -0.25) is 4.90 Å². The van der Waals surface area contributed by atoms with Crippen molar-refractivity contribution in [1.82, 2.24) is 4.90 Å². The number of benzene rings is 1.